The van der Waals surface area contributed by atoms with Crippen LogP contribution >= 0.6 is 0 Å². The zero-order chi connectivity index (χ0) is 22.7. The molecule has 12 heteroatoms. The van der Waals surface area contributed by atoms with Crippen molar-refractivity contribution in [1.29, 1.82) is 0 Å². The molecule has 4 aromatic rings. The Balaban J connectivity index is 2.02. The van der Waals surface area contributed by atoms with E-state index < -0.39 is 34.9 Å². The number of aromatic nitrogens is 6. The molecule has 31 heavy (non-hydrogen) atoms. The Morgan fingerprint density at radius 1 is 1.06 bits per heavy atom. The SMILES string of the molecule is Cc1nn2c(-c3c(C)nn(C)c3-c3ccc(C(F)(F)F)cc3)nc(C(F)F)c2c(=O)[nH]1. The van der Waals surface area contributed by atoms with Gasteiger partial charge in [-0.1, -0.05) is 12.1 Å². The Kier molecular flexibility index (Phi) is 4.67. The number of fused-ring (bicyclic) bond motifs is 1. The fourth-order valence-electron chi connectivity index (χ4n) is 3.53. The average Bonchev–Trinajstić information content (AvgIpc) is 3.18. The number of alkyl halides is 5. The third kappa shape index (κ3) is 3.37. The van der Waals surface area contributed by atoms with Crippen LogP contribution in [0.2, 0.25) is 0 Å². The van der Waals surface area contributed by atoms with Gasteiger partial charge in [0.1, 0.15) is 11.5 Å². The number of rotatable bonds is 3. The second-order valence-electron chi connectivity index (χ2n) is 6.93. The minimum Gasteiger partial charge on any atom is -0.307 e. The highest BCUT2D eigenvalue weighted by molar-refractivity contribution is 5.81. The Labute approximate surface area is 171 Å². The number of H-pyrrole nitrogens is 1. The number of hydrogen-bond donors (Lipinski definition) is 1. The molecular formula is C19H15F5N6O. The van der Waals surface area contributed by atoms with Crippen molar-refractivity contribution < 1.29 is 22.0 Å². The third-order valence-corrected chi connectivity index (χ3v) is 4.78. The van der Waals surface area contributed by atoms with Crippen molar-refractivity contribution in [2.75, 3.05) is 0 Å². The molecule has 0 saturated carbocycles. The van der Waals surface area contributed by atoms with Crippen molar-refractivity contribution in [1.82, 2.24) is 29.4 Å². The van der Waals surface area contributed by atoms with Gasteiger partial charge in [0.25, 0.3) is 12.0 Å². The zero-order valence-electron chi connectivity index (χ0n) is 16.4. The van der Waals surface area contributed by atoms with Crippen LogP contribution in [0.3, 0.4) is 0 Å². The van der Waals surface area contributed by atoms with Gasteiger partial charge < -0.3 is 4.98 Å². The van der Waals surface area contributed by atoms with Crippen molar-refractivity contribution >= 4 is 5.52 Å². The maximum Gasteiger partial charge on any atom is 0.416 e. The van der Waals surface area contributed by atoms with Gasteiger partial charge >= 0.3 is 6.18 Å². The highest BCUT2D eigenvalue weighted by Gasteiger charge is 2.31. The van der Waals surface area contributed by atoms with Gasteiger partial charge in [0.05, 0.1) is 22.5 Å². The number of imidazole rings is 1. The first-order chi connectivity index (χ1) is 14.5. The Morgan fingerprint density at radius 3 is 2.29 bits per heavy atom. The number of halogens is 5. The van der Waals surface area contributed by atoms with Gasteiger partial charge in [-0.3, -0.25) is 9.48 Å². The minimum atomic E-state index is -4.50. The lowest BCUT2D eigenvalue weighted by Crippen LogP contribution is -2.15. The number of nitrogens with one attached hydrogen (secondary N) is 1. The molecule has 7 nitrogen and oxygen atoms in total. The number of nitrogens with zero attached hydrogens (tertiary/aromatic N) is 5. The molecule has 0 radical (unpaired) electrons. The van der Waals surface area contributed by atoms with E-state index in [1.54, 1.807) is 14.0 Å². The van der Waals surface area contributed by atoms with Crippen LogP contribution in [-0.4, -0.2) is 29.4 Å². The summed E-state index contributed by atoms with van der Waals surface area (Å²) in [4.78, 5) is 18.7. The summed E-state index contributed by atoms with van der Waals surface area (Å²) in [6, 6.07) is 4.36. The van der Waals surface area contributed by atoms with E-state index in [0.717, 1.165) is 16.6 Å². The molecule has 0 unspecified atom stereocenters. The maximum atomic E-state index is 13.6. The first-order valence-corrected chi connectivity index (χ1v) is 8.98. The van der Waals surface area contributed by atoms with Crippen molar-refractivity contribution in [2.24, 2.45) is 7.05 Å². The summed E-state index contributed by atoms with van der Waals surface area (Å²) in [6.07, 6.45) is -7.54. The summed E-state index contributed by atoms with van der Waals surface area (Å²) in [6.45, 7) is 3.09. The topological polar surface area (TPSA) is 80.9 Å². The highest BCUT2D eigenvalue weighted by Crippen LogP contribution is 2.37. The first-order valence-electron chi connectivity index (χ1n) is 8.98. The van der Waals surface area contributed by atoms with E-state index in [2.05, 4.69) is 20.2 Å². The summed E-state index contributed by atoms with van der Waals surface area (Å²) in [7, 11) is 1.57. The summed E-state index contributed by atoms with van der Waals surface area (Å²) >= 11 is 0. The molecule has 1 aromatic carbocycles. The monoisotopic (exact) mass is 438 g/mol. The quantitative estimate of drug-likeness (QED) is 0.490. The average molecular weight is 438 g/mol. The van der Waals surface area contributed by atoms with Gasteiger partial charge in [-0.25, -0.2) is 18.3 Å². The molecule has 0 spiro atoms. The Morgan fingerprint density at radius 2 is 1.71 bits per heavy atom. The maximum absolute atomic E-state index is 13.6. The van der Waals surface area contributed by atoms with Gasteiger partial charge in [0, 0.05) is 12.6 Å². The number of benzene rings is 1. The minimum absolute atomic E-state index is 0.0556. The molecule has 1 N–H and O–H groups in total. The van der Waals surface area contributed by atoms with E-state index in [0.29, 0.717) is 17.0 Å². The van der Waals surface area contributed by atoms with Gasteiger partial charge in [-0.05, 0) is 26.0 Å². The molecule has 3 heterocycles. The van der Waals surface area contributed by atoms with Crippen LogP contribution in [0.15, 0.2) is 29.1 Å². The second kappa shape index (κ2) is 7.00. The molecule has 0 atom stereocenters. The van der Waals surface area contributed by atoms with Crippen LogP contribution < -0.4 is 5.56 Å². The molecule has 4 rings (SSSR count). The number of hydrogen-bond acceptors (Lipinski definition) is 4. The van der Waals surface area contributed by atoms with Gasteiger partial charge in [-0.2, -0.15) is 23.4 Å². The van der Waals surface area contributed by atoms with Crippen LogP contribution in [0.5, 0.6) is 0 Å². The molecule has 0 amide bonds. The first kappa shape index (κ1) is 20.7. The molecule has 0 aliphatic rings. The third-order valence-electron chi connectivity index (χ3n) is 4.78. The van der Waals surface area contributed by atoms with Gasteiger partial charge in [0.2, 0.25) is 0 Å². The van der Waals surface area contributed by atoms with Crippen LogP contribution in [0.1, 0.15) is 29.2 Å². The number of aromatic amines is 1. The fraction of sp³-hybridized carbons (Fsp3) is 0.263. The molecule has 0 aliphatic heterocycles. The normalized spacial score (nSPS) is 12.3. The number of aryl methyl sites for hydroxylation is 3. The molecule has 162 valence electrons. The van der Waals surface area contributed by atoms with E-state index in [1.165, 1.54) is 23.7 Å². The Bertz CT molecular complexity index is 1350. The van der Waals surface area contributed by atoms with Crippen molar-refractivity contribution in [3.8, 4) is 22.6 Å². The largest absolute Gasteiger partial charge is 0.416 e. The van der Waals surface area contributed by atoms with Crippen LogP contribution in [0, 0.1) is 13.8 Å². The van der Waals surface area contributed by atoms with E-state index in [4.69, 9.17) is 0 Å². The predicted molar refractivity (Wildman–Crippen MR) is 101 cm³/mol. The van der Waals surface area contributed by atoms with Crippen LogP contribution in [0.25, 0.3) is 28.2 Å². The summed E-state index contributed by atoms with van der Waals surface area (Å²) < 4.78 is 68.5. The summed E-state index contributed by atoms with van der Waals surface area (Å²) in [5.74, 6) is 0.120. The van der Waals surface area contributed by atoms with E-state index in [9.17, 15) is 26.7 Å². The Hall–Kier alpha value is -3.57. The molecule has 0 fully saturated rings. The lowest BCUT2D eigenvalue weighted by Gasteiger charge is -2.10. The van der Waals surface area contributed by atoms with Gasteiger partial charge in [0.15, 0.2) is 11.3 Å². The molecule has 0 bridgehead atoms. The molecule has 0 aliphatic carbocycles. The van der Waals surface area contributed by atoms with E-state index in [1.807, 2.05) is 0 Å². The van der Waals surface area contributed by atoms with Crippen molar-refractivity contribution in [2.45, 2.75) is 26.4 Å². The molecular weight excluding hydrogens is 423 g/mol. The second-order valence-corrected chi connectivity index (χ2v) is 6.93. The lowest BCUT2D eigenvalue weighted by molar-refractivity contribution is -0.137. The zero-order valence-corrected chi connectivity index (χ0v) is 16.4. The molecule has 3 aromatic heterocycles. The van der Waals surface area contributed by atoms with Gasteiger partial charge in [-0.15, -0.1) is 0 Å². The van der Waals surface area contributed by atoms with E-state index in [-0.39, 0.29) is 17.2 Å². The van der Waals surface area contributed by atoms with Crippen LogP contribution in [0.4, 0.5) is 22.0 Å². The smallest absolute Gasteiger partial charge is 0.307 e. The molecule has 0 saturated heterocycles. The fourth-order valence-corrected chi connectivity index (χ4v) is 3.53. The lowest BCUT2D eigenvalue weighted by atomic mass is 10.0. The highest BCUT2D eigenvalue weighted by atomic mass is 19.4. The van der Waals surface area contributed by atoms with Crippen LogP contribution in [-0.2, 0) is 13.2 Å². The summed E-state index contributed by atoms with van der Waals surface area (Å²) in [5, 5.41) is 8.41. The van der Waals surface area contributed by atoms with Crippen molar-refractivity contribution in [3.63, 3.8) is 0 Å². The predicted octanol–water partition coefficient (Wildman–Crippen LogP) is 4.06. The summed E-state index contributed by atoms with van der Waals surface area (Å²) in [5.41, 5.74) is -1.39. The standard InChI is InChI=1S/C19H15F5N6O/c1-8-12(14(29(3)27-8)10-4-6-11(7-5-10)19(22,23)24)17-26-13(16(20)21)15-18(31)25-9(2)28-30(15)17/h4-7,16H,1-3H3,(H,25,28,31). The van der Waals surface area contributed by atoms with E-state index >= 15 is 0 Å². The van der Waals surface area contributed by atoms with Crippen molar-refractivity contribution in [3.05, 3.63) is 57.4 Å².